The number of benzene rings is 3. The standard InChI is InChI=1S/C30H32N4O4S/c1-19(2)17-33(3)21-6-5-7-23(15-21)38-24-12-13-25-26(16-24)34(4)28(31-25)18-37-22-10-8-20(9-11-22)14-27-29(35)32-30(36)39-27/h5-13,15-16,19,27H,14,17-18H2,1-4H3,(H,32,35,36). The van der Waals surface area contributed by atoms with Crippen molar-refractivity contribution >= 4 is 39.6 Å². The third-order valence-electron chi connectivity index (χ3n) is 6.56. The van der Waals surface area contributed by atoms with Gasteiger partial charge in [-0.25, -0.2) is 4.98 Å². The van der Waals surface area contributed by atoms with Gasteiger partial charge >= 0.3 is 0 Å². The molecule has 5 rings (SSSR count). The van der Waals surface area contributed by atoms with Crippen molar-refractivity contribution in [3.63, 3.8) is 0 Å². The Kier molecular flexibility index (Phi) is 7.79. The fourth-order valence-electron chi connectivity index (χ4n) is 4.60. The van der Waals surface area contributed by atoms with Crippen molar-refractivity contribution in [1.82, 2.24) is 14.9 Å². The lowest BCUT2D eigenvalue weighted by molar-refractivity contribution is -0.118. The van der Waals surface area contributed by atoms with Gasteiger partial charge in [0.15, 0.2) is 0 Å². The van der Waals surface area contributed by atoms with Gasteiger partial charge in [0.1, 0.15) is 29.7 Å². The molecule has 202 valence electrons. The van der Waals surface area contributed by atoms with E-state index in [1.165, 1.54) is 0 Å². The summed E-state index contributed by atoms with van der Waals surface area (Å²) < 4.78 is 14.2. The van der Waals surface area contributed by atoms with E-state index < -0.39 is 0 Å². The highest BCUT2D eigenvalue weighted by molar-refractivity contribution is 8.15. The molecule has 8 nitrogen and oxygen atoms in total. The van der Waals surface area contributed by atoms with E-state index in [1.807, 2.05) is 66.2 Å². The van der Waals surface area contributed by atoms with Crippen LogP contribution in [0.3, 0.4) is 0 Å². The lowest BCUT2D eigenvalue weighted by Crippen LogP contribution is -2.25. The smallest absolute Gasteiger partial charge is 0.286 e. The van der Waals surface area contributed by atoms with E-state index in [-0.39, 0.29) is 16.4 Å². The molecule has 3 aromatic carbocycles. The van der Waals surface area contributed by atoms with Crippen LogP contribution in [0.25, 0.3) is 11.0 Å². The second-order valence-electron chi connectivity index (χ2n) is 10.1. The van der Waals surface area contributed by atoms with Crippen molar-refractivity contribution in [2.75, 3.05) is 18.5 Å². The van der Waals surface area contributed by atoms with Crippen molar-refractivity contribution in [1.29, 1.82) is 0 Å². The summed E-state index contributed by atoms with van der Waals surface area (Å²) in [6.45, 7) is 5.69. The number of carbonyl (C=O) groups excluding carboxylic acids is 2. The van der Waals surface area contributed by atoms with Gasteiger partial charge in [0.2, 0.25) is 5.91 Å². The number of imide groups is 1. The van der Waals surface area contributed by atoms with Crippen LogP contribution in [0.1, 0.15) is 25.2 Å². The molecule has 0 radical (unpaired) electrons. The van der Waals surface area contributed by atoms with Crippen molar-refractivity contribution in [2.45, 2.75) is 32.1 Å². The lowest BCUT2D eigenvalue weighted by atomic mass is 10.1. The topological polar surface area (TPSA) is 85.7 Å². The average Bonchev–Trinajstić information content (AvgIpc) is 3.40. The summed E-state index contributed by atoms with van der Waals surface area (Å²) in [5.74, 6) is 3.37. The molecule has 1 saturated heterocycles. The molecule has 0 saturated carbocycles. The molecule has 39 heavy (non-hydrogen) atoms. The molecule has 1 aromatic heterocycles. The number of aromatic nitrogens is 2. The summed E-state index contributed by atoms with van der Waals surface area (Å²) >= 11 is 1.04. The number of hydrogen-bond acceptors (Lipinski definition) is 7. The predicted octanol–water partition coefficient (Wildman–Crippen LogP) is 5.93. The van der Waals surface area contributed by atoms with Crippen LogP contribution in [-0.4, -0.2) is 39.5 Å². The monoisotopic (exact) mass is 544 g/mol. The van der Waals surface area contributed by atoms with Crippen molar-refractivity contribution in [3.8, 4) is 17.2 Å². The fourth-order valence-corrected chi connectivity index (χ4v) is 5.46. The second-order valence-corrected chi connectivity index (χ2v) is 11.3. The minimum atomic E-state index is -0.381. The van der Waals surface area contributed by atoms with Gasteiger partial charge in [-0.05, 0) is 54.3 Å². The summed E-state index contributed by atoms with van der Waals surface area (Å²) in [6, 6.07) is 21.6. The van der Waals surface area contributed by atoms with E-state index in [1.54, 1.807) is 0 Å². The normalized spacial score (nSPS) is 15.2. The van der Waals surface area contributed by atoms with Crippen LogP contribution in [0.5, 0.6) is 17.2 Å². The Bertz CT molecular complexity index is 1500. The first-order valence-electron chi connectivity index (χ1n) is 12.9. The zero-order valence-electron chi connectivity index (χ0n) is 22.5. The number of amides is 2. The van der Waals surface area contributed by atoms with Crippen molar-refractivity contribution < 1.29 is 19.1 Å². The Balaban J connectivity index is 1.23. The van der Waals surface area contributed by atoms with Gasteiger partial charge in [-0.1, -0.05) is 43.8 Å². The molecule has 1 N–H and O–H groups in total. The summed E-state index contributed by atoms with van der Waals surface area (Å²) in [5.41, 5.74) is 3.91. The van der Waals surface area contributed by atoms with Crippen LogP contribution in [-0.2, 0) is 24.9 Å². The van der Waals surface area contributed by atoms with E-state index in [0.717, 1.165) is 57.9 Å². The van der Waals surface area contributed by atoms with Crippen LogP contribution in [0.4, 0.5) is 10.5 Å². The quantitative estimate of drug-likeness (QED) is 0.265. The molecule has 0 aliphatic carbocycles. The van der Waals surface area contributed by atoms with Crippen LogP contribution in [0.15, 0.2) is 66.7 Å². The summed E-state index contributed by atoms with van der Waals surface area (Å²) in [6.07, 6.45) is 0.497. The van der Waals surface area contributed by atoms with E-state index in [9.17, 15) is 9.59 Å². The third kappa shape index (κ3) is 6.37. The van der Waals surface area contributed by atoms with Crippen LogP contribution in [0.2, 0.25) is 0 Å². The molecule has 1 aliphatic heterocycles. The number of carbonyl (C=O) groups is 2. The van der Waals surface area contributed by atoms with Gasteiger partial charge in [-0.3, -0.25) is 14.9 Å². The maximum absolute atomic E-state index is 11.8. The van der Waals surface area contributed by atoms with Gasteiger partial charge in [0, 0.05) is 38.5 Å². The first-order chi connectivity index (χ1) is 18.7. The van der Waals surface area contributed by atoms with E-state index in [4.69, 9.17) is 14.5 Å². The number of fused-ring (bicyclic) bond motifs is 1. The lowest BCUT2D eigenvalue weighted by Gasteiger charge is -2.22. The molecule has 0 bridgehead atoms. The SMILES string of the molecule is CC(C)CN(C)c1cccc(Oc2ccc3nc(COc4ccc(CC5SC(=O)NC5=O)cc4)n(C)c3c2)c1. The van der Waals surface area contributed by atoms with Gasteiger partial charge in [0.05, 0.1) is 16.3 Å². The number of aryl methyl sites for hydroxylation is 1. The molecule has 1 unspecified atom stereocenters. The van der Waals surface area contributed by atoms with Crippen LogP contribution < -0.4 is 19.7 Å². The first kappa shape index (κ1) is 26.6. The van der Waals surface area contributed by atoms with Crippen molar-refractivity contribution in [2.24, 2.45) is 13.0 Å². The number of nitrogens with zero attached hydrogens (tertiary/aromatic N) is 3. The number of imidazole rings is 1. The third-order valence-corrected chi connectivity index (χ3v) is 7.54. The number of hydrogen-bond donors (Lipinski definition) is 1. The number of rotatable bonds is 10. The predicted molar refractivity (Wildman–Crippen MR) is 155 cm³/mol. The summed E-state index contributed by atoms with van der Waals surface area (Å²) in [4.78, 5) is 30.2. The Morgan fingerprint density at radius 1 is 1.03 bits per heavy atom. The van der Waals surface area contributed by atoms with E-state index >= 15 is 0 Å². The molecular weight excluding hydrogens is 512 g/mol. The number of ether oxygens (including phenoxy) is 2. The molecule has 1 aliphatic rings. The van der Waals surface area contributed by atoms with Gasteiger partial charge in [0.25, 0.3) is 5.24 Å². The second kappa shape index (κ2) is 11.4. The fraction of sp³-hybridized carbons (Fsp3) is 0.300. The Labute approximate surface area is 232 Å². The minimum absolute atomic E-state index is 0.233. The van der Waals surface area contributed by atoms with Crippen LogP contribution >= 0.6 is 11.8 Å². The van der Waals surface area contributed by atoms with Gasteiger partial charge in [-0.2, -0.15) is 0 Å². The average molecular weight is 545 g/mol. The highest BCUT2D eigenvalue weighted by Gasteiger charge is 2.31. The molecule has 1 fully saturated rings. The number of anilines is 1. The van der Waals surface area contributed by atoms with Crippen molar-refractivity contribution in [3.05, 3.63) is 78.1 Å². The molecule has 9 heteroatoms. The van der Waals surface area contributed by atoms with Gasteiger partial charge < -0.3 is 18.9 Å². The zero-order valence-corrected chi connectivity index (χ0v) is 23.3. The maximum atomic E-state index is 11.8. The molecule has 2 heterocycles. The Hall–Kier alpha value is -3.98. The zero-order chi connectivity index (χ0) is 27.5. The number of nitrogens with one attached hydrogen (secondary N) is 1. The van der Waals surface area contributed by atoms with E-state index in [2.05, 4.69) is 43.2 Å². The first-order valence-corrected chi connectivity index (χ1v) is 13.8. The van der Waals surface area contributed by atoms with Crippen LogP contribution in [0, 0.1) is 5.92 Å². The molecule has 0 spiro atoms. The molecule has 1 atom stereocenters. The minimum Gasteiger partial charge on any atom is -0.486 e. The Morgan fingerprint density at radius 2 is 1.77 bits per heavy atom. The number of thioether (sulfide) groups is 1. The molecular formula is C30H32N4O4S. The summed E-state index contributed by atoms with van der Waals surface area (Å²) in [5, 5.41) is 1.65. The van der Waals surface area contributed by atoms with E-state index in [0.29, 0.717) is 24.7 Å². The van der Waals surface area contributed by atoms with Gasteiger partial charge in [-0.15, -0.1) is 0 Å². The Morgan fingerprint density at radius 3 is 2.49 bits per heavy atom. The highest BCUT2D eigenvalue weighted by atomic mass is 32.2. The highest BCUT2D eigenvalue weighted by Crippen LogP contribution is 2.29. The summed E-state index contributed by atoms with van der Waals surface area (Å²) in [7, 11) is 4.06. The molecule has 4 aromatic rings. The molecule has 2 amide bonds. The largest absolute Gasteiger partial charge is 0.486 e. The maximum Gasteiger partial charge on any atom is 0.286 e.